The van der Waals surface area contributed by atoms with Gasteiger partial charge in [0.05, 0.1) is 0 Å². The molecule has 2 unspecified atom stereocenters. The van der Waals surface area contributed by atoms with Gasteiger partial charge in [0.2, 0.25) is 0 Å². The molecule has 3 saturated heterocycles. The summed E-state index contributed by atoms with van der Waals surface area (Å²) in [4.78, 5) is 0. The molecule has 3 aliphatic rings. The van der Waals surface area contributed by atoms with Crippen LogP contribution in [0.2, 0.25) is 0 Å². The Kier molecular flexibility index (Phi) is 0.876. The molecule has 40 valence electrons. The van der Waals surface area contributed by atoms with Gasteiger partial charge in [0.15, 0.2) is 0 Å². The minimum atomic E-state index is 1.10. The number of piperidine rings is 1. The third kappa shape index (κ3) is 0.595. The summed E-state index contributed by atoms with van der Waals surface area (Å²) in [7, 11) is 1.31. The highest BCUT2D eigenvalue weighted by atomic mass is 31.1. The minimum Gasteiger partial charge on any atom is -0.315 e. The highest BCUT2D eigenvalue weighted by molar-refractivity contribution is 7.42. The molecule has 0 spiro atoms. The summed E-state index contributed by atoms with van der Waals surface area (Å²) < 4.78 is 0. The number of hydrogen-bond acceptors (Lipinski definition) is 1. The van der Waals surface area contributed by atoms with Crippen LogP contribution in [0.15, 0.2) is 0 Å². The third-order valence-electron chi connectivity index (χ3n) is 1.82. The van der Waals surface area contributed by atoms with Crippen molar-refractivity contribution in [2.75, 3.05) is 13.1 Å². The van der Waals surface area contributed by atoms with Crippen LogP contribution in [0.4, 0.5) is 0 Å². The van der Waals surface area contributed by atoms with E-state index in [2.05, 4.69) is 5.32 Å². The minimum absolute atomic E-state index is 1.10. The topological polar surface area (TPSA) is 12.0 Å². The molecule has 2 bridgehead atoms. The Morgan fingerprint density at radius 2 is 1.86 bits per heavy atom. The monoisotopic (exact) mass is 115 g/mol. The molecule has 2 heteroatoms. The average Bonchev–Trinajstić information content (AvgIpc) is 1.67. The molecular formula is C5H10NP. The molecule has 7 heavy (non-hydrogen) atoms. The van der Waals surface area contributed by atoms with E-state index in [0.29, 0.717) is 0 Å². The maximum atomic E-state index is 3.39. The fraction of sp³-hybridized carbons (Fsp3) is 1.00. The lowest BCUT2D eigenvalue weighted by molar-refractivity contribution is 0.493. The fourth-order valence-electron chi connectivity index (χ4n) is 1.37. The molecule has 3 heterocycles. The molecule has 3 rings (SSSR count). The predicted molar refractivity (Wildman–Crippen MR) is 33.4 cm³/mol. The zero-order valence-corrected chi connectivity index (χ0v) is 5.28. The summed E-state index contributed by atoms with van der Waals surface area (Å²) in [5.41, 5.74) is 2.19. The van der Waals surface area contributed by atoms with E-state index in [9.17, 15) is 0 Å². The van der Waals surface area contributed by atoms with Gasteiger partial charge in [-0.2, -0.15) is 0 Å². The number of hydrogen-bond donors (Lipinski definition) is 1. The van der Waals surface area contributed by atoms with Crippen LogP contribution in [0.1, 0.15) is 6.42 Å². The van der Waals surface area contributed by atoms with Crippen LogP contribution in [0.5, 0.6) is 0 Å². The quantitative estimate of drug-likeness (QED) is 0.451. The molecule has 1 N–H and O–H groups in total. The van der Waals surface area contributed by atoms with Crippen molar-refractivity contribution in [1.82, 2.24) is 5.32 Å². The van der Waals surface area contributed by atoms with Crippen molar-refractivity contribution in [3.8, 4) is 0 Å². The van der Waals surface area contributed by atoms with Gasteiger partial charge in [-0.3, -0.25) is 0 Å². The largest absolute Gasteiger partial charge is 0.315 e. The molecule has 0 amide bonds. The highest BCUT2D eigenvalue weighted by Crippen LogP contribution is 2.44. The Hall–Kier alpha value is 0.390. The zero-order chi connectivity index (χ0) is 4.69. The summed E-state index contributed by atoms with van der Waals surface area (Å²) in [5, 5.41) is 3.39. The van der Waals surface area contributed by atoms with Crippen molar-refractivity contribution in [1.29, 1.82) is 0 Å². The first-order chi connectivity index (χ1) is 3.45. The van der Waals surface area contributed by atoms with E-state index in [1.54, 1.807) is 0 Å². The SMILES string of the molecule is C1NCC2CC1P2. The molecule has 2 atom stereocenters. The highest BCUT2D eigenvalue weighted by Gasteiger charge is 2.31. The molecule has 3 aliphatic heterocycles. The van der Waals surface area contributed by atoms with Crippen molar-refractivity contribution >= 4 is 8.58 Å². The van der Waals surface area contributed by atoms with E-state index in [1.165, 1.54) is 28.1 Å². The summed E-state index contributed by atoms with van der Waals surface area (Å²) in [6.07, 6.45) is 1.53. The molecule has 0 radical (unpaired) electrons. The van der Waals surface area contributed by atoms with Crippen molar-refractivity contribution < 1.29 is 0 Å². The first-order valence-electron chi connectivity index (χ1n) is 2.92. The van der Waals surface area contributed by atoms with Gasteiger partial charge in [-0.1, -0.05) is 0 Å². The van der Waals surface area contributed by atoms with Gasteiger partial charge in [-0.15, -0.1) is 8.58 Å². The van der Waals surface area contributed by atoms with Gasteiger partial charge in [0, 0.05) is 13.1 Å². The molecule has 0 saturated carbocycles. The third-order valence-corrected chi connectivity index (χ3v) is 3.64. The van der Waals surface area contributed by atoms with Gasteiger partial charge >= 0.3 is 0 Å². The average molecular weight is 115 g/mol. The van der Waals surface area contributed by atoms with E-state index in [0.717, 1.165) is 11.3 Å². The standard InChI is InChI=1S/C5H10NP/c1-4-2-6-3-5(1)7-4/h4-7H,1-3H2. The van der Waals surface area contributed by atoms with Crippen molar-refractivity contribution in [3.63, 3.8) is 0 Å². The molecule has 1 nitrogen and oxygen atoms in total. The fourth-order valence-corrected chi connectivity index (χ4v) is 2.96. The van der Waals surface area contributed by atoms with Crippen LogP contribution in [0.3, 0.4) is 0 Å². The van der Waals surface area contributed by atoms with Crippen LogP contribution >= 0.6 is 8.58 Å². The van der Waals surface area contributed by atoms with Crippen molar-refractivity contribution in [3.05, 3.63) is 0 Å². The first kappa shape index (κ1) is 4.29. The second kappa shape index (κ2) is 1.43. The van der Waals surface area contributed by atoms with E-state index in [1.807, 2.05) is 0 Å². The Bertz CT molecular complexity index is 64.6. The second-order valence-electron chi connectivity index (χ2n) is 2.45. The maximum Gasteiger partial charge on any atom is 0.00171 e. The summed E-state index contributed by atoms with van der Waals surface area (Å²) in [6.45, 7) is 2.63. The number of nitrogens with one attached hydrogen (secondary N) is 1. The van der Waals surface area contributed by atoms with Gasteiger partial charge in [-0.05, 0) is 17.7 Å². The summed E-state index contributed by atoms with van der Waals surface area (Å²) >= 11 is 0. The van der Waals surface area contributed by atoms with Gasteiger partial charge < -0.3 is 5.32 Å². The van der Waals surface area contributed by atoms with Crippen LogP contribution in [0, 0.1) is 0 Å². The van der Waals surface area contributed by atoms with E-state index < -0.39 is 0 Å². The Labute approximate surface area is 45.7 Å². The second-order valence-corrected chi connectivity index (χ2v) is 4.42. The lowest BCUT2D eigenvalue weighted by Crippen LogP contribution is -2.46. The van der Waals surface area contributed by atoms with Gasteiger partial charge in [0.1, 0.15) is 0 Å². The Balaban J connectivity index is 1.99. The van der Waals surface area contributed by atoms with Crippen LogP contribution in [-0.4, -0.2) is 24.4 Å². The molecule has 0 aliphatic carbocycles. The molecular weight excluding hydrogens is 105 g/mol. The van der Waals surface area contributed by atoms with Crippen molar-refractivity contribution in [2.45, 2.75) is 17.7 Å². The lowest BCUT2D eigenvalue weighted by atomic mass is 10.1. The van der Waals surface area contributed by atoms with Gasteiger partial charge in [0.25, 0.3) is 0 Å². The normalized spacial score (nSPS) is 51.4. The van der Waals surface area contributed by atoms with Crippen LogP contribution < -0.4 is 5.32 Å². The Morgan fingerprint density at radius 1 is 1.29 bits per heavy atom. The first-order valence-corrected chi connectivity index (χ1v) is 4.07. The van der Waals surface area contributed by atoms with E-state index in [4.69, 9.17) is 0 Å². The van der Waals surface area contributed by atoms with Crippen molar-refractivity contribution in [2.24, 2.45) is 0 Å². The maximum absolute atomic E-state index is 3.39. The zero-order valence-electron chi connectivity index (χ0n) is 4.28. The van der Waals surface area contributed by atoms with Crippen LogP contribution in [-0.2, 0) is 0 Å². The summed E-state index contributed by atoms with van der Waals surface area (Å²) in [6, 6.07) is 0. The van der Waals surface area contributed by atoms with Crippen LogP contribution in [0.25, 0.3) is 0 Å². The smallest absolute Gasteiger partial charge is 0.00171 e. The van der Waals surface area contributed by atoms with Gasteiger partial charge in [-0.25, -0.2) is 0 Å². The molecule has 0 aromatic heterocycles. The molecule has 0 aromatic rings. The number of rotatable bonds is 0. The van der Waals surface area contributed by atoms with E-state index in [-0.39, 0.29) is 0 Å². The van der Waals surface area contributed by atoms with E-state index >= 15 is 0 Å². The Morgan fingerprint density at radius 3 is 2.00 bits per heavy atom. The lowest BCUT2D eigenvalue weighted by Gasteiger charge is -2.41. The predicted octanol–water partition coefficient (Wildman–Crippen LogP) is 0.409. The summed E-state index contributed by atoms with van der Waals surface area (Å²) in [5.74, 6) is 0. The molecule has 3 fully saturated rings. The number of fused-ring (bicyclic) bond motifs is 2. The molecule has 0 aromatic carbocycles.